The molecule has 0 atom stereocenters. The van der Waals surface area contributed by atoms with E-state index in [1.807, 2.05) is 28.8 Å². The molecule has 4 nitrogen and oxygen atoms in total. The first-order valence-corrected chi connectivity index (χ1v) is 4.82. The van der Waals surface area contributed by atoms with Gasteiger partial charge in [0.15, 0.2) is 0 Å². The van der Waals surface area contributed by atoms with Crippen LogP contribution in [0.25, 0.3) is 5.65 Å². The first-order valence-electron chi connectivity index (χ1n) is 4.82. The largest absolute Gasteiger partial charge is 0.465 e. The molecule has 2 rings (SSSR count). The Labute approximate surface area is 87.5 Å². The van der Waals surface area contributed by atoms with E-state index in [0.717, 1.165) is 11.3 Å². The molecule has 0 radical (unpaired) electrons. The van der Waals surface area contributed by atoms with Crippen LogP contribution in [0.15, 0.2) is 30.6 Å². The third-order valence-corrected chi connectivity index (χ3v) is 2.16. The maximum absolute atomic E-state index is 10.6. The van der Waals surface area contributed by atoms with Gasteiger partial charge in [0.2, 0.25) is 0 Å². The molecule has 0 spiro atoms. The van der Waals surface area contributed by atoms with Crippen LogP contribution in [0.1, 0.15) is 12.6 Å². The Hall–Kier alpha value is -1.84. The van der Waals surface area contributed by atoms with Crippen LogP contribution >= 0.6 is 0 Å². The normalized spacial score (nSPS) is 10.5. The van der Waals surface area contributed by atoms with Crippen molar-refractivity contribution in [1.29, 1.82) is 0 Å². The fraction of sp³-hybridized carbons (Fsp3) is 0.273. The second-order valence-electron chi connectivity index (χ2n) is 3.27. The minimum Gasteiger partial charge on any atom is -0.465 e. The lowest BCUT2D eigenvalue weighted by molar-refractivity contribution is -0.140. The van der Waals surface area contributed by atoms with Crippen LogP contribution in [0.4, 0.5) is 0 Å². The molecule has 2 aromatic heterocycles. The maximum Gasteiger partial charge on any atom is 0.302 e. The van der Waals surface area contributed by atoms with Crippen LogP contribution in [0, 0.1) is 0 Å². The minimum atomic E-state index is -0.246. The molecule has 0 aromatic carbocycles. The van der Waals surface area contributed by atoms with Gasteiger partial charge in [0.1, 0.15) is 5.65 Å². The molecule has 0 bridgehead atoms. The van der Waals surface area contributed by atoms with Crippen molar-refractivity contribution < 1.29 is 9.53 Å². The van der Waals surface area contributed by atoms with E-state index < -0.39 is 0 Å². The third kappa shape index (κ3) is 2.15. The number of imidazole rings is 1. The lowest BCUT2D eigenvalue weighted by Crippen LogP contribution is -2.04. The predicted octanol–water partition coefficient (Wildman–Crippen LogP) is 1.44. The van der Waals surface area contributed by atoms with E-state index in [-0.39, 0.29) is 5.97 Å². The topological polar surface area (TPSA) is 43.6 Å². The molecule has 78 valence electrons. The van der Waals surface area contributed by atoms with Gasteiger partial charge in [-0.25, -0.2) is 4.98 Å². The van der Waals surface area contributed by atoms with E-state index in [9.17, 15) is 4.79 Å². The molecule has 0 aliphatic carbocycles. The van der Waals surface area contributed by atoms with E-state index in [1.165, 1.54) is 6.92 Å². The molecule has 0 N–H and O–H groups in total. The van der Waals surface area contributed by atoms with Crippen LogP contribution in [0.5, 0.6) is 0 Å². The van der Waals surface area contributed by atoms with Gasteiger partial charge < -0.3 is 9.14 Å². The highest BCUT2D eigenvalue weighted by Gasteiger charge is 2.02. The zero-order chi connectivity index (χ0) is 10.7. The number of fused-ring (bicyclic) bond motifs is 1. The Morgan fingerprint density at radius 2 is 2.40 bits per heavy atom. The molecule has 15 heavy (non-hydrogen) atoms. The van der Waals surface area contributed by atoms with Crippen LogP contribution in [0.3, 0.4) is 0 Å². The van der Waals surface area contributed by atoms with Crippen LogP contribution < -0.4 is 0 Å². The quantitative estimate of drug-likeness (QED) is 0.710. The van der Waals surface area contributed by atoms with Crippen molar-refractivity contribution in [2.24, 2.45) is 0 Å². The average Bonchev–Trinajstić information content (AvgIpc) is 2.62. The molecule has 0 aliphatic rings. The van der Waals surface area contributed by atoms with Gasteiger partial charge in [-0.05, 0) is 12.1 Å². The van der Waals surface area contributed by atoms with Crippen molar-refractivity contribution in [1.82, 2.24) is 9.38 Å². The standard InChI is InChI=1S/C11H12N2O2/c1-9(14)15-7-5-10-8-12-11-4-2-3-6-13(10)11/h2-4,6,8H,5,7H2,1H3. The highest BCUT2D eigenvalue weighted by molar-refractivity contribution is 5.65. The number of carbonyl (C=O) groups excluding carboxylic acids is 1. The first kappa shape index (κ1) is 9.71. The molecule has 0 saturated carbocycles. The SMILES string of the molecule is CC(=O)OCCc1cnc2ccccn12. The van der Waals surface area contributed by atoms with Crippen LogP contribution in [-0.4, -0.2) is 22.0 Å². The van der Waals surface area contributed by atoms with Crippen molar-refractivity contribution in [3.63, 3.8) is 0 Å². The zero-order valence-corrected chi connectivity index (χ0v) is 8.51. The summed E-state index contributed by atoms with van der Waals surface area (Å²) in [6.07, 6.45) is 4.44. The molecule has 2 heterocycles. The smallest absolute Gasteiger partial charge is 0.302 e. The van der Waals surface area contributed by atoms with Gasteiger partial charge in [-0.15, -0.1) is 0 Å². The molecule has 0 amide bonds. The molecule has 0 saturated heterocycles. The summed E-state index contributed by atoms with van der Waals surface area (Å²) in [5, 5.41) is 0. The van der Waals surface area contributed by atoms with E-state index in [0.29, 0.717) is 13.0 Å². The van der Waals surface area contributed by atoms with E-state index >= 15 is 0 Å². The van der Waals surface area contributed by atoms with Crippen molar-refractivity contribution in [2.45, 2.75) is 13.3 Å². The number of hydrogen-bond acceptors (Lipinski definition) is 3. The molecular formula is C11H12N2O2. The summed E-state index contributed by atoms with van der Waals surface area (Å²) in [5.41, 5.74) is 1.96. The van der Waals surface area contributed by atoms with Crippen LogP contribution in [-0.2, 0) is 16.0 Å². The molecule has 0 fully saturated rings. The number of pyridine rings is 1. The first-order chi connectivity index (χ1) is 7.27. The number of hydrogen-bond donors (Lipinski definition) is 0. The molecule has 0 aliphatic heterocycles. The summed E-state index contributed by atoms with van der Waals surface area (Å²) < 4.78 is 6.87. The number of aromatic nitrogens is 2. The van der Waals surface area contributed by atoms with Gasteiger partial charge in [0, 0.05) is 31.4 Å². The summed E-state index contributed by atoms with van der Waals surface area (Å²) in [6.45, 7) is 1.81. The monoisotopic (exact) mass is 204 g/mol. The summed E-state index contributed by atoms with van der Waals surface area (Å²) in [4.78, 5) is 14.8. The fourth-order valence-electron chi connectivity index (χ4n) is 1.47. The molecule has 2 aromatic rings. The zero-order valence-electron chi connectivity index (χ0n) is 8.51. The summed E-state index contributed by atoms with van der Waals surface area (Å²) in [6, 6.07) is 5.83. The minimum absolute atomic E-state index is 0.246. The van der Waals surface area contributed by atoms with Gasteiger partial charge in [0.25, 0.3) is 0 Å². The number of esters is 1. The molecule has 4 heteroatoms. The second kappa shape index (κ2) is 4.13. The Morgan fingerprint density at radius 1 is 1.53 bits per heavy atom. The van der Waals surface area contributed by atoms with Crippen molar-refractivity contribution in [2.75, 3.05) is 6.61 Å². The van der Waals surface area contributed by atoms with E-state index in [4.69, 9.17) is 4.74 Å². The van der Waals surface area contributed by atoms with Crippen molar-refractivity contribution in [3.05, 3.63) is 36.3 Å². The Morgan fingerprint density at radius 3 is 3.20 bits per heavy atom. The maximum atomic E-state index is 10.6. The Balaban J connectivity index is 2.11. The number of carbonyl (C=O) groups is 1. The number of rotatable bonds is 3. The highest BCUT2D eigenvalue weighted by Crippen LogP contribution is 2.06. The van der Waals surface area contributed by atoms with Crippen molar-refractivity contribution >= 4 is 11.6 Å². The predicted molar refractivity (Wildman–Crippen MR) is 55.5 cm³/mol. The van der Waals surface area contributed by atoms with Gasteiger partial charge >= 0.3 is 5.97 Å². The Kier molecular flexibility index (Phi) is 2.67. The van der Waals surface area contributed by atoms with E-state index in [1.54, 1.807) is 6.20 Å². The third-order valence-electron chi connectivity index (χ3n) is 2.16. The van der Waals surface area contributed by atoms with Crippen molar-refractivity contribution in [3.8, 4) is 0 Å². The lowest BCUT2D eigenvalue weighted by atomic mass is 10.3. The summed E-state index contributed by atoms with van der Waals surface area (Å²) in [5.74, 6) is -0.246. The summed E-state index contributed by atoms with van der Waals surface area (Å²) >= 11 is 0. The fourth-order valence-corrected chi connectivity index (χ4v) is 1.47. The molecular weight excluding hydrogens is 192 g/mol. The van der Waals surface area contributed by atoms with E-state index in [2.05, 4.69) is 4.98 Å². The number of nitrogens with zero attached hydrogens (tertiary/aromatic N) is 2. The number of ether oxygens (including phenoxy) is 1. The summed E-state index contributed by atoms with van der Waals surface area (Å²) in [7, 11) is 0. The lowest BCUT2D eigenvalue weighted by Gasteiger charge is -2.01. The second-order valence-corrected chi connectivity index (χ2v) is 3.27. The van der Waals surface area contributed by atoms with Gasteiger partial charge in [-0.1, -0.05) is 6.07 Å². The average molecular weight is 204 g/mol. The van der Waals surface area contributed by atoms with Gasteiger partial charge in [-0.2, -0.15) is 0 Å². The van der Waals surface area contributed by atoms with Gasteiger partial charge in [-0.3, -0.25) is 4.79 Å². The molecule has 0 unspecified atom stereocenters. The highest BCUT2D eigenvalue weighted by atomic mass is 16.5. The van der Waals surface area contributed by atoms with Crippen LogP contribution in [0.2, 0.25) is 0 Å². The van der Waals surface area contributed by atoms with Gasteiger partial charge in [0.05, 0.1) is 6.61 Å². The Bertz CT molecular complexity index is 476.